The molecule has 0 saturated carbocycles. The van der Waals surface area contributed by atoms with Crippen molar-refractivity contribution in [3.05, 3.63) is 69.9 Å². The molecule has 3 aromatic heterocycles. The molecule has 1 aromatic carbocycles. The molecule has 7 heteroatoms. The summed E-state index contributed by atoms with van der Waals surface area (Å²) in [6.45, 7) is 0.296. The summed E-state index contributed by atoms with van der Waals surface area (Å²) in [5, 5.41) is 7.41. The molecule has 1 N–H and O–H groups in total. The monoisotopic (exact) mass is 381 g/mol. The number of carbonyl (C=O) groups is 1. The molecule has 0 saturated heterocycles. The third-order valence-corrected chi connectivity index (χ3v) is 5.74. The Labute approximate surface area is 157 Å². The number of benzene rings is 1. The molecule has 0 fully saturated rings. The van der Waals surface area contributed by atoms with Crippen molar-refractivity contribution in [2.24, 2.45) is 0 Å². The van der Waals surface area contributed by atoms with Crippen LogP contribution in [0.2, 0.25) is 0 Å². The van der Waals surface area contributed by atoms with E-state index in [2.05, 4.69) is 10.3 Å². The van der Waals surface area contributed by atoms with E-state index in [-0.39, 0.29) is 17.9 Å². The van der Waals surface area contributed by atoms with E-state index in [9.17, 15) is 9.59 Å². The number of nitrogens with one attached hydrogen (secondary N) is 1. The zero-order valence-electron chi connectivity index (χ0n) is 13.7. The summed E-state index contributed by atoms with van der Waals surface area (Å²) in [5.74, 6) is -0.133. The molecule has 0 unspecified atom stereocenters. The molecule has 0 bridgehead atoms. The Morgan fingerprint density at radius 2 is 1.96 bits per heavy atom. The maximum Gasteiger partial charge on any atom is 0.262 e. The first kappa shape index (κ1) is 16.7. The number of para-hydroxylation sites is 1. The van der Waals surface area contributed by atoms with E-state index in [1.54, 1.807) is 17.4 Å². The quantitative estimate of drug-likeness (QED) is 0.563. The summed E-state index contributed by atoms with van der Waals surface area (Å²) in [6, 6.07) is 13.5. The van der Waals surface area contributed by atoms with E-state index in [0.717, 1.165) is 21.0 Å². The van der Waals surface area contributed by atoms with E-state index >= 15 is 0 Å². The number of hydrogen-bond acceptors (Lipinski definition) is 5. The Kier molecular flexibility index (Phi) is 4.64. The first-order chi connectivity index (χ1) is 12.7. The van der Waals surface area contributed by atoms with Crippen molar-refractivity contribution in [2.45, 2.75) is 13.0 Å². The minimum absolute atomic E-state index is 0.108. The molecule has 1 amide bonds. The molecular formula is C19H15N3O2S2. The molecule has 0 atom stereocenters. The van der Waals surface area contributed by atoms with E-state index < -0.39 is 0 Å². The van der Waals surface area contributed by atoms with Gasteiger partial charge in [-0.2, -0.15) is 0 Å². The summed E-state index contributed by atoms with van der Waals surface area (Å²) >= 11 is 3.06. The largest absolute Gasteiger partial charge is 0.325 e. The third kappa shape index (κ3) is 3.31. The van der Waals surface area contributed by atoms with Crippen molar-refractivity contribution in [2.75, 3.05) is 5.32 Å². The van der Waals surface area contributed by atoms with Gasteiger partial charge in [-0.25, -0.2) is 4.98 Å². The van der Waals surface area contributed by atoms with E-state index in [0.29, 0.717) is 11.9 Å². The lowest BCUT2D eigenvalue weighted by atomic mass is 10.1. The first-order valence-electron chi connectivity index (χ1n) is 8.08. The number of aryl methyl sites for hydroxylation is 1. The molecular weight excluding hydrogens is 366 g/mol. The highest BCUT2D eigenvalue weighted by molar-refractivity contribution is 7.16. The Bertz CT molecular complexity index is 1110. The molecule has 0 spiro atoms. The van der Waals surface area contributed by atoms with Crippen LogP contribution in [0.4, 0.5) is 5.69 Å². The molecule has 4 rings (SSSR count). The van der Waals surface area contributed by atoms with Gasteiger partial charge in [0.2, 0.25) is 5.91 Å². The van der Waals surface area contributed by atoms with Crippen molar-refractivity contribution >= 4 is 44.5 Å². The van der Waals surface area contributed by atoms with Crippen molar-refractivity contribution in [3.63, 3.8) is 0 Å². The van der Waals surface area contributed by atoms with Crippen LogP contribution in [0, 0.1) is 0 Å². The highest BCUT2D eigenvalue weighted by Crippen LogP contribution is 2.31. The van der Waals surface area contributed by atoms with Crippen molar-refractivity contribution in [3.8, 4) is 10.4 Å². The van der Waals surface area contributed by atoms with Crippen molar-refractivity contribution in [1.82, 2.24) is 9.55 Å². The molecule has 5 nitrogen and oxygen atoms in total. The van der Waals surface area contributed by atoms with Gasteiger partial charge in [0, 0.05) is 29.1 Å². The lowest BCUT2D eigenvalue weighted by Crippen LogP contribution is -2.23. The minimum atomic E-state index is -0.133. The predicted octanol–water partition coefficient (Wildman–Crippen LogP) is 4.22. The minimum Gasteiger partial charge on any atom is -0.325 e. The van der Waals surface area contributed by atoms with Crippen LogP contribution in [0.25, 0.3) is 20.7 Å². The second-order valence-electron chi connectivity index (χ2n) is 5.70. The van der Waals surface area contributed by atoms with Gasteiger partial charge in [0.15, 0.2) is 0 Å². The zero-order valence-corrected chi connectivity index (χ0v) is 15.3. The van der Waals surface area contributed by atoms with E-state index in [4.69, 9.17) is 0 Å². The number of carbonyl (C=O) groups excluding carboxylic acids is 1. The molecule has 0 aliphatic rings. The fourth-order valence-corrected chi connectivity index (χ4v) is 4.22. The van der Waals surface area contributed by atoms with Gasteiger partial charge < -0.3 is 5.32 Å². The van der Waals surface area contributed by atoms with Gasteiger partial charge in [0.1, 0.15) is 4.83 Å². The Morgan fingerprint density at radius 3 is 2.81 bits per heavy atom. The summed E-state index contributed by atoms with van der Waals surface area (Å²) in [4.78, 5) is 30.8. The number of amides is 1. The second-order valence-corrected chi connectivity index (χ2v) is 7.55. The standard InChI is InChI=1S/C19H15N3O2S2/c23-17(7-9-22-12-20-18-14(19(22)24)8-11-26-18)21-15-5-2-1-4-13(15)16-6-3-10-25-16/h1-6,8,10-12H,7,9H2,(H,21,23). The number of hydrogen-bond donors (Lipinski definition) is 1. The molecule has 0 aliphatic carbocycles. The topological polar surface area (TPSA) is 64.0 Å². The SMILES string of the molecule is O=C(CCn1cnc2sccc2c1=O)Nc1ccccc1-c1cccs1. The molecule has 26 heavy (non-hydrogen) atoms. The second kappa shape index (κ2) is 7.23. The molecule has 0 radical (unpaired) electrons. The van der Waals surface area contributed by atoms with Gasteiger partial charge in [-0.3, -0.25) is 14.2 Å². The van der Waals surface area contributed by atoms with Crippen molar-refractivity contribution < 1.29 is 4.79 Å². The van der Waals surface area contributed by atoms with Crippen LogP contribution in [0.1, 0.15) is 6.42 Å². The Balaban J connectivity index is 1.48. The maximum absolute atomic E-state index is 12.4. The zero-order chi connectivity index (χ0) is 17.9. The Hall–Kier alpha value is -2.77. The van der Waals surface area contributed by atoms with Crippen molar-refractivity contribution in [1.29, 1.82) is 0 Å². The van der Waals surface area contributed by atoms with Gasteiger partial charge in [-0.05, 0) is 29.0 Å². The molecule has 130 valence electrons. The van der Waals surface area contributed by atoms with Crippen LogP contribution >= 0.6 is 22.7 Å². The normalized spacial score (nSPS) is 10.9. The first-order valence-corrected chi connectivity index (χ1v) is 9.84. The van der Waals surface area contributed by atoms with Gasteiger partial charge >= 0.3 is 0 Å². The molecule has 4 aromatic rings. The Morgan fingerprint density at radius 1 is 1.08 bits per heavy atom. The van der Waals surface area contributed by atoms with E-state index in [1.807, 2.05) is 47.2 Å². The average Bonchev–Trinajstić information content (AvgIpc) is 3.34. The summed E-state index contributed by atoms with van der Waals surface area (Å²) in [5.41, 5.74) is 1.66. The van der Waals surface area contributed by atoms with Crippen LogP contribution in [0.3, 0.4) is 0 Å². The van der Waals surface area contributed by atoms with Crippen LogP contribution < -0.4 is 10.9 Å². The number of rotatable bonds is 5. The summed E-state index contributed by atoms with van der Waals surface area (Å²) in [6.07, 6.45) is 1.71. The fraction of sp³-hybridized carbons (Fsp3) is 0.105. The lowest BCUT2D eigenvalue weighted by Gasteiger charge is -2.10. The molecule has 0 aliphatic heterocycles. The lowest BCUT2D eigenvalue weighted by molar-refractivity contribution is -0.116. The van der Waals surface area contributed by atoms with Gasteiger partial charge in [-0.15, -0.1) is 22.7 Å². The van der Waals surface area contributed by atoms with Crippen LogP contribution in [-0.2, 0) is 11.3 Å². The van der Waals surface area contributed by atoms with Gasteiger partial charge in [-0.1, -0.05) is 24.3 Å². The third-order valence-electron chi connectivity index (χ3n) is 4.02. The maximum atomic E-state index is 12.4. The number of aromatic nitrogens is 2. The molecule has 3 heterocycles. The number of anilines is 1. The predicted molar refractivity (Wildman–Crippen MR) is 107 cm³/mol. The highest BCUT2D eigenvalue weighted by atomic mass is 32.1. The summed E-state index contributed by atoms with van der Waals surface area (Å²) in [7, 11) is 0. The van der Waals surface area contributed by atoms with Gasteiger partial charge in [0.05, 0.1) is 11.7 Å². The number of fused-ring (bicyclic) bond motifs is 1. The number of thiophene rings is 2. The van der Waals surface area contributed by atoms with Crippen LogP contribution in [0.15, 0.2) is 64.3 Å². The van der Waals surface area contributed by atoms with Gasteiger partial charge in [0.25, 0.3) is 5.56 Å². The van der Waals surface area contributed by atoms with Crippen LogP contribution in [-0.4, -0.2) is 15.5 Å². The van der Waals surface area contributed by atoms with E-state index in [1.165, 1.54) is 22.2 Å². The number of nitrogens with zero attached hydrogens (tertiary/aromatic N) is 2. The smallest absolute Gasteiger partial charge is 0.262 e. The summed E-state index contributed by atoms with van der Waals surface area (Å²) < 4.78 is 1.49. The fourth-order valence-electron chi connectivity index (χ4n) is 2.73. The highest BCUT2D eigenvalue weighted by Gasteiger charge is 2.10. The van der Waals surface area contributed by atoms with Crippen LogP contribution in [0.5, 0.6) is 0 Å². The average molecular weight is 381 g/mol.